The number of hydrogen-bond donors (Lipinski definition) is 1. The Morgan fingerprint density at radius 1 is 1.44 bits per heavy atom. The summed E-state index contributed by atoms with van der Waals surface area (Å²) in [5, 5.41) is 2.93. The number of hydrogen-bond acceptors (Lipinski definition) is 2. The average Bonchev–Trinajstić information content (AvgIpc) is 2.27. The Bertz CT molecular complexity index is 430. The third-order valence-corrected chi connectivity index (χ3v) is 3.43. The van der Waals surface area contributed by atoms with Gasteiger partial charge in [0.05, 0.1) is 4.47 Å². The molecule has 0 saturated heterocycles. The van der Waals surface area contributed by atoms with Crippen LogP contribution >= 0.6 is 15.9 Å². The van der Waals surface area contributed by atoms with Gasteiger partial charge in [0.1, 0.15) is 5.75 Å². The fourth-order valence-corrected chi connectivity index (χ4v) is 1.98. The fourth-order valence-electron chi connectivity index (χ4n) is 1.37. The lowest BCUT2D eigenvalue weighted by atomic mass is 10.0. The number of benzene rings is 1. The molecule has 0 aliphatic rings. The lowest BCUT2D eigenvalue weighted by Gasteiger charge is -2.24. The molecular formula is C14H20BrNO2. The van der Waals surface area contributed by atoms with E-state index in [1.165, 1.54) is 0 Å². The molecule has 4 heteroatoms. The van der Waals surface area contributed by atoms with Gasteiger partial charge < -0.3 is 10.1 Å². The number of carbonyl (C=O) groups excluding carboxylic acids is 1. The van der Waals surface area contributed by atoms with E-state index in [9.17, 15) is 4.79 Å². The van der Waals surface area contributed by atoms with Crippen molar-refractivity contribution in [3.05, 3.63) is 28.2 Å². The van der Waals surface area contributed by atoms with Crippen molar-refractivity contribution in [2.75, 3.05) is 6.61 Å². The van der Waals surface area contributed by atoms with E-state index in [0.29, 0.717) is 5.75 Å². The maximum Gasteiger partial charge on any atom is 0.258 e. The first-order valence-electron chi connectivity index (χ1n) is 6.04. The molecule has 1 aromatic rings. The molecule has 3 nitrogen and oxygen atoms in total. The monoisotopic (exact) mass is 313 g/mol. The minimum Gasteiger partial charge on any atom is -0.483 e. The van der Waals surface area contributed by atoms with Gasteiger partial charge in [-0.15, -0.1) is 0 Å². The molecule has 1 N–H and O–H groups in total. The van der Waals surface area contributed by atoms with Crippen molar-refractivity contribution in [1.82, 2.24) is 5.32 Å². The lowest BCUT2D eigenvalue weighted by Crippen LogP contribution is -2.44. The summed E-state index contributed by atoms with van der Waals surface area (Å²) in [6.45, 7) is 8.06. The molecule has 0 radical (unpaired) electrons. The predicted octanol–water partition coefficient (Wildman–Crippen LogP) is 3.44. The van der Waals surface area contributed by atoms with Crippen LogP contribution in [0.1, 0.15) is 32.8 Å². The molecule has 1 rings (SSSR count). The fraction of sp³-hybridized carbons (Fsp3) is 0.500. The predicted molar refractivity (Wildman–Crippen MR) is 76.9 cm³/mol. The van der Waals surface area contributed by atoms with E-state index in [1.54, 1.807) is 0 Å². The highest BCUT2D eigenvalue weighted by Crippen LogP contribution is 2.25. The molecule has 18 heavy (non-hydrogen) atoms. The zero-order valence-corrected chi connectivity index (χ0v) is 12.9. The number of aryl methyl sites for hydroxylation is 1. The summed E-state index contributed by atoms with van der Waals surface area (Å²) in [5.41, 5.74) is 0.955. The van der Waals surface area contributed by atoms with Crippen molar-refractivity contribution in [2.45, 2.75) is 39.7 Å². The van der Waals surface area contributed by atoms with Gasteiger partial charge in [-0.2, -0.15) is 0 Å². The van der Waals surface area contributed by atoms with E-state index in [1.807, 2.05) is 45.9 Å². The standard InChI is InChI=1S/C14H20BrNO2/c1-5-14(3,4)16-13(17)9-18-12-7-6-10(2)8-11(12)15/h6-8H,5,9H2,1-4H3,(H,16,17). The van der Waals surface area contributed by atoms with E-state index >= 15 is 0 Å². The van der Waals surface area contributed by atoms with Crippen LogP contribution in [0.2, 0.25) is 0 Å². The zero-order valence-electron chi connectivity index (χ0n) is 11.3. The second-order valence-electron chi connectivity index (χ2n) is 5.01. The molecule has 0 fully saturated rings. The maximum atomic E-state index is 11.7. The highest BCUT2D eigenvalue weighted by atomic mass is 79.9. The van der Waals surface area contributed by atoms with Crippen LogP contribution in [0.4, 0.5) is 0 Å². The second-order valence-corrected chi connectivity index (χ2v) is 5.86. The smallest absolute Gasteiger partial charge is 0.258 e. The van der Waals surface area contributed by atoms with Crippen molar-refractivity contribution in [3.8, 4) is 5.75 Å². The van der Waals surface area contributed by atoms with Crippen molar-refractivity contribution < 1.29 is 9.53 Å². The number of amides is 1. The van der Waals surface area contributed by atoms with Crippen LogP contribution in [-0.2, 0) is 4.79 Å². The van der Waals surface area contributed by atoms with E-state index in [2.05, 4.69) is 21.2 Å². The molecule has 0 saturated carbocycles. The van der Waals surface area contributed by atoms with Crippen LogP contribution in [0.25, 0.3) is 0 Å². The van der Waals surface area contributed by atoms with Gasteiger partial charge in [0.15, 0.2) is 6.61 Å². The number of ether oxygens (including phenoxy) is 1. The Balaban J connectivity index is 2.53. The Morgan fingerprint density at radius 2 is 2.11 bits per heavy atom. The van der Waals surface area contributed by atoms with Crippen LogP contribution in [-0.4, -0.2) is 18.1 Å². The van der Waals surface area contributed by atoms with E-state index in [0.717, 1.165) is 16.5 Å². The second kappa shape index (κ2) is 6.23. The molecule has 1 amide bonds. The van der Waals surface area contributed by atoms with E-state index < -0.39 is 0 Å². The Labute approximate surface area is 117 Å². The van der Waals surface area contributed by atoms with Crippen LogP contribution in [0, 0.1) is 6.92 Å². The summed E-state index contributed by atoms with van der Waals surface area (Å²) in [6, 6.07) is 5.77. The summed E-state index contributed by atoms with van der Waals surface area (Å²) in [5.74, 6) is 0.583. The highest BCUT2D eigenvalue weighted by Gasteiger charge is 2.18. The highest BCUT2D eigenvalue weighted by molar-refractivity contribution is 9.10. The zero-order chi connectivity index (χ0) is 13.8. The number of rotatable bonds is 5. The van der Waals surface area contributed by atoms with Crippen LogP contribution in [0.3, 0.4) is 0 Å². The Hall–Kier alpha value is -1.03. The first kappa shape index (κ1) is 15.0. The SMILES string of the molecule is CCC(C)(C)NC(=O)COc1ccc(C)cc1Br. The van der Waals surface area contributed by atoms with E-state index in [4.69, 9.17) is 4.74 Å². The van der Waals surface area contributed by atoms with Gasteiger partial charge in [-0.3, -0.25) is 4.79 Å². The van der Waals surface area contributed by atoms with Crippen LogP contribution in [0.15, 0.2) is 22.7 Å². The number of nitrogens with one attached hydrogen (secondary N) is 1. The number of carbonyl (C=O) groups is 1. The summed E-state index contributed by atoms with van der Waals surface area (Å²) < 4.78 is 6.35. The van der Waals surface area contributed by atoms with Crippen molar-refractivity contribution in [3.63, 3.8) is 0 Å². The van der Waals surface area contributed by atoms with Gasteiger partial charge in [-0.25, -0.2) is 0 Å². The number of halogens is 1. The molecule has 0 aliphatic carbocycles. The summed E-state index contributed by atoms with van der Waals surface area (Å²) >= 11 is 3.42. The molecule has 0 unspecified atom stereocenters. The van der Waals surface area contributed by atoms with Gasteiger partial charge in [0, 0.05) is 5.54 Å². The first-order valence-corrected chi connectivity index (χ1v) is 6.83. The summed E-state index contributed by atoms with van der Waals surface area (Å²) in [6.07, 6.45) is 0.882. The Morgan fingerprint density at radius 3 is 2.67 bits per heavy atom. The molecular weight excluding hydrogens is 294 g/mol. The molecule has 0 atom stereocenters. The van der Waals surface area contributed by atoms with Gasteiger partial charge in [-0.05, 0) is 60.8 Å². The molecule has 0 aliphatic heterocycles. The van der Waals surface area contributed by atoms with Crippen molar-refractivity contribution >= 4 is 21.8 Å². The Kier molecular flexibility index (Phi) is 5.20. The normalized spacial score (nSPS) is 11.2. The maximum absolute atomic E-state index is 11.7. The third-order valence-electron chi connectivity index (χ3n) is 2.81. The van der Waals surface area contributed by atoms with Crippen molar-refractivity contribution in [2.24, 2.45) is 0 Å². The molecule has 0 bridgehead atoms. The molecule has 0 heterocycles. The van der Waals surface area contributed by atoms with Gasteiger partial charge in [-0.1, -0.05) is 13.0 Å². The third kappa shape index (κ3) is 4.69. The summed E-state index contributed by atoms with van der Waals surface area (Å²) in [7, 11) is 0. The quantitative estimate of drug-likeness (QED) is 0.904. The van der Waals surface area contributed by atoms with E-state index in [-0.39, 0.29) is 18.1 Å². The van der Waals surface area contributed by atoms with Crippen LogP contribution in [0.5, 0.6) is 5.75 Å². The summed E-state index contributed by atoms with van der Waals surface area (Å²) in [4.78, 5) is 11.7. The molecule has 0 spiro atoms. The average molecular weight is 314 g/mol. The minimum absolute atomic E-state index is 0.0328. The molecule has 100 valence electrons. The van der Waals surface area contributed by atoms with Gasteiger partial charge in [0.25, 0.3) is 5.91 Å². The largest absolute Gasteiger partial charge is 0.483 e. The lowest BCUT2D eigenvalue weighted by molar-refractivity contribution is -0.124. The van der Waals surface area contributed by atoms with Crippen molar-refractivity contribution in [1.29, 1.82) is 0 Å². The first-order chi connectivity index (χ1) is 8.34. The minimum atomic E-state index is -0.190. The van der Waals surface area contributed by atoms with Gasteiger partial charge in [0.2, 0.25) is 0 Å². The topological polar surface area (TPSA) is 38.3 Å². The van der Waals surface area contributed by atoms with Crippen LogP contribution < -0.4 is 10.1 Å². The molecule has 0 aromatic heterocycles. The molecule has 1 aromatic carbocycles. The van der Waals surface area contributed by atoms with Gasteiger partial charge >= 0.3 is 0 Å².